The molecule has 4 heavy (non-hydrogen) atoms. The third-order valence-corrected chi connectivity index (χ3v) is 0. The summed E-state index contributed by atoms with van der Waals surface area (Å²) < 4.78 is 0. The van der Waals surface area contributed by atoms with E-state index in [1.807, 2.05) is 0 Å². The monoisotopic (exact) mass is 365 g/mol. The molecular formula is CrCuHgTi. The zero-order valence-corrected chi connectivity index (χ0v) is 11.2. The van der Waals surface area contributed by atoms with Crippen molar-refractivity contribution in [3.05, 3.63) is 0 Å². The summed E-state index contributed by atoms with van der Waals surface area (Å²) in [5.74, 6) is 0. The van der Waals surface area contributed by atoms with Crippen LogP contribution in [-0.4, -0.2) is 0 Å². The molecule has 1 radical (unpaired) electrons. The van der Waals surface area contributed by atoms with E-state index in [0.29, 0.717) is 0 Å². The SMILES string of the molecule is [Cr].[Cu].[Hg].[Ti]. The van der Waals surface area contributed by atoms with Crippen LogP contribution in [-0.2, 0) is 83.8 Å². The summed E-state index contributed by atoms with van der Waals surface area (Å²) in [5.41, 5.74) is 0. The van der Waals surface area contributed by atoms with E-state index >= 15 is 0 Å². The fourth-order valence-electron chi connectivity index (χ4n) is 0. The zero-order chi connectivity index (χ0) is 0. The number of hydrogen-bond donors (Lipinski definition) is 0. The first-order valence-electron chi connectivity index (χ1n) is 0. The molecule has 4 heteroatoms. The van der Waals surface area contributed by atoms with Crippen LogP contribution in [0.15, 0.2) is 0 Å². The second-order valence-electron chi connectivity index (χ2n) is 0. The summed E-state index contributed by atoms with van der Waals surface area (Å²) in [4.78, 5) is 0. The Labute approximate surface area is 82.5 Å². The van der Waals surface area contributed by atoms with Gasteiger partial charge in [-0.15, -0.1) is 0 Å². The van der Waals surface area contributed by atoms with Crippen molar-refractivity contribution in [3.63, 3.8) is 0 Å². The molecule has 0 aromatic heterocycles. The van der Waals surface area contributed by atoms with Gasteiger partial charge in [0.15, 0.2) is 0 Å². The molecule has 0 heterocycles. The number of hydrogen-bond acceptors (Lipinski definition) is 0. The largest absolute Gasteiger partial charge is 0 e. The van der Waals surface area contributed by atoms with Crippen LogP contribution in [0.3, 0.4) is 0 Å². The third kappa shape index (κ3) is 8.83. The molecule has 0 saturated carbocycles. The van der Waals surface area contributed by atoms with Crippen molar-refractivity contribution < 1.29 is 83.8 Å². The standard InChI is InChI=1S/Cr.Cu.Hg.Ti. The molecule has 0 saturated heterocycles. The predicted octanol–water partition coefficient (Wildman–Crippen LogP) is -0.0100. The third-order valence-electron chi connectivity index (χ3n) is 0. The van der Waals surface area contributed by atoms with Crippen LogP contribution in [0.4, 0.5) is 0 Å². The molecule has 23 valence electrons. The summed E-state index contributed by atoms with van der Waals surface area (Å²) >= 11 is 0. The minimum Gasteiger partial charge on any atom is 0 e. The molecule has 0 unspecified atom stereocenters. The van der Waals surface area contributed by atoms with Crippen molar-refractivity contribution in [2.45, 2.75) is 0 Å². The van der Waals surface area contributed by atoms with Crippen LogP contribution in [0.2, 0.25) is 0 Å². The van der Waals surface area contributed by atoms with Gasteiger partial charge in [-0.1, -0.05) is 0 Å². The van der Waals surface area contributed by atoms with Gasteiger partial charge >= 0.3 is 0 Å². The van der Waals surface area contributed by atoms with Crippen molar-refractivity contribution >= 4 is 0 Å². The van der Waals surface area contributed by atoms with E-state index in [-0.39, 0.29) is 83.8 Å². The van der Waals surface area contributed by atoms with Crippen LogP contribution < -0.4 is 0 Å². The Kier molecular flexibility index (Phi) is 129. The van der Waals surface area contributed by atoms with Crippen LogP contribution >= 0.6 is 0 Å². The predicted molar refractivity (Wildman–Crippen MR) is 0 cm³/mol. The molecule has 0 bridgehead atoms. The van der Waals surface area contributed by atoms with Gasteiger partial charge in [0.05, 0.1) is 0 Å². The maximum absolute atomic E-state index is 0. The van der Waals surface area contributed by atoms with Gasteiger partial charge in [-0.05, 0) is 0 Å². The molecule has 0 aromatic rings. The van der Waals surface area contributed by atoms with E-state index in [2.05, 4.69) is 0 Å². The van der Waals surface area contributed by atoms with Crippen molar-refractivity contribution in [1.29, 1.82) is 0 Å². The quantitative estimate of drug-likeness (QED) is 0.531. The topological polar surface area (TPSA) is 0 Å². The molecule has 0 atom stereocenters. The summed E-state index contributed by atoms with van der Waals surface area (Å²) in [6.45, 7) is 0. The zero-order valence-electron chi connectivity index (χ0n) is 1.92. The fraction of sp³-hybridized carbons (Fsp3) is 0. The van der Waals surface area contributed by atoms with Crippen molar-refractivity contribution in [2.24, 2.45) is 0 Å². The van der Waals surface area contributed by atoms with Gasteiger partial charge in [-0.25, -0.2) is 0 Å². The Bertz CT molecular complexity index is 8.00. The van der Waals surface area contributed by atoms with E-state index in [1.54, 1.807) is 0 Å². The summed E-state index contributed by atoms with van der Waals surface area (Å²) in [6, 6.07) is 0. The minimum absolute atomic E-state index is 0. The van der Waals surface area contributed by atoms with E-state index in [0.717, 1.165) is 0 Å². The first-order chi connectivity index (χ1) is 0. The van der Waals surface area contributed by atoms with Gasteiger partial charge in [-0.2, -0.15) is 0 Å². The molecule has 0 fully saturated rings. The first-order valence-corrected chi connectivity index (χ1v) is 0. The summed E-state index contributed by atoms with van der Waals surface area (Å²) in [5, 5.41) is 0. The molecule has 0 rings (SSSR count). The molecule has 0 spiro atoms. The Morgan fingerprint density at radius 2 is 1.00 bits per heavy atom. The van der Waals surface area contributed by atoms with Crippen LogP contribution in [0.1, 0.15) is 0 Å². The average Bonchev–Trinajstić information content (AvgIpc) is 0. The second kappa shape index (κ2) is 17.3. The molecule has 0 N–H and O–H groups in total. The minimum atomic E-state index is 0. The van der Waals surface area contributed by atoms with Gasteiger partial charge in [0.2, 0.25) is 0 Å². The van der Waals surface area contributed by atoms with Crippen molar-refractivity contribution in [1.82, 2.24) is 0 Å². The molecule has 0 aliphatic heterocycles. The van der Waals surface area contributed by atoms with Gasteiger partial charge in [0.25, 0.3) is 0 Å². The number of rotatable bonds is 0. The normalized spacial score (nSPS) is 0. The fourth-order valence-corrected chi connectivity index (χ4v) is 0. The van der Waals surface area contributed by atoms with Crippen LogP contribution in [0.25, 0.3) is 0 Å². The maximum Gasteiger partial charge on any atom is 0 e. The van der Waals surface area contributed by atoms with E-state index in [1.165, 1.54) is 0 Å². The Hall–Kier alpha value is 2.70. The van der Waals surface area contributed by atoms with Crippen LogP contribution in [0.5, 0.6) is 0 Å². The first kappa shape index (κ1) is 29.9. The summed E-state index contributed by atoms with van der Waals surface area (Å²) in [6.07, 6.45) is 0. The van der Waals surface area contributed by atoms with Crippen molar-refractivity contribution in [3.8, 4) is 0 Å². The molecule has 0 aliphatic rings. The average molecular weight is 364 g/mol. The van der Waals surface area contributed by atoms with Crippen molar-refractivity contribution in [2.75, 3.05) is 0 Å². The van der Waals surface area contributed by atoms with E-state index in [9.17, 15) is 0 Å². The molecule has 0 amide bonds. The second-order valence-corrected chi connectivity index (χ2v) is 0. The summed E-state index contributed by atoms with van der Waals surface area (Å²) in [7, 11) is 0. The molecule has 0 nitrogen and oxygen atoms in total. The Morgan fingerprint density at radius 1 is 1.00 bits per heavy atom. The van der Waals surface area contributed by atoms with E-state index in [4.69, 9.17) is 0 Å². The van der Waals surface area contributed by atoms with Gasteiger partial charge < -0.3 is 0 Å². The maximum atomic E-state index is 0. The van der Waals surface area contributed by atoms with Gasteiger partial charge in [0.1, 0.15) is 0 Å². The van der Waals surface area contributed by atoms with Gasteiger partial charge in [-0.3, -0.25) is 0 Å². The Balaban J connectivity index is 0. The Morgan fingerprint density at radius 3 is 1.00 bits per heavy atom. The van der Waals surface area contributed by atoms with Crippen LogP contribution in [0, 0.1) is 0 Å². The smallest absolute Gasteiger partial charge is 0 e. The van der Waals surface area contributed by atoms with Gasteiger partial charge in [0, 0.05) is 83.8 Å². The molecule has 0 aliphatic carbocycles. The molecule has 0 aromatic carbocycles. The van der Waals surface area contributed by atoms with E-state index < -0.39 is 0 Å². The molecular weight excluding hydrogens is 364 g/mol.